The lowest BCUT2D eigenvalue weighted by Crippen LogP contribution is -2.42. The maximum Gasteiger partial charge on any atom is 0.226 e. The minimum Gasteiger partial charge on any atom is -0.481 e. The Morgan fingerprint density at radius 1 is 1.53 bits per heavy atom. The molecule has 0 aromatic carbocycles. The Balaban J connectivity index is 2.80. The molecule has 5 nitrogen and oxygen atoms in total. The molecule has 1 aromatic rings. The summed E-state index contributed by atoms with van der Waals surface area (Å²) in [7, 11) is 1.55. The highest BCUT2D eigenvalue weighted by Crippen LogP contribution is 2.16. The summed E-state index contributed by atoms with van der Waals surface area (Å²) in [4.78, 5) is 8.14. The average molecular weight is 211 g/mol. The van der Waals surface area contributed by atoms with Gasteiger partial charge in [0, 0.05) is 12.3 Å². The average Bonchev–Trinajstić information content (AvgIpc) is 2.17. The van der Waals surface area contributed by atoms with E-state index in [0.717, 1.165) is 0 Å². The highest BCUT2D eigenvalue weighted by Gasteiger charge is 2.24. The predicted molar refractivity (Wildman–Crippen MR) is 58.0 cm³/mol. The predicted octanol–water partition coefficient (Wildman–Crippen LogP) is 1.06. The Hall–Kier alpha value is -1.36. The summed E-state index contributed by atoms with van der Waals surface area (Å²) >= 11 is 0. The Morgan fingerprint density at radius 3 is 2.73 bits per heavy atom. The van der Waals surface area contributed by atoms with Crippen LogP contribution in [0.25, 0.3) is 0 Å². The van der Waals surface area contributed by atoms with Crippen molar-refractivity contribution in [3.8, 4) is 5.88 Å². The van der Waals surface area contributed by atoms with Crippen LogP contribution in [-0.2, 0) is 0 Å². The van der Waals surface area contributed by atoms with Crippen molar-refractivity contribution in [1.82, 2.24) is 9.97 Å². The van der Waals surface area contributed by atoms with Gasteiger partial charge in [-0.1, -0.05) is 0 Å². The number of aliphatic hydroxyl groups excluding tert-OH is 1. The molecule has 0 aliphatic heterocycles. The molecule has 1 heterocycles. The smallest absolute Gasteiger partial charge is 0.226 e. The van der Waals surface area contributed by atoms with E-state index in [1.54, 1.807) is 26.3 Å². The van der Waals surface area contributed by atoms with Crippen LogP contribution in [0.15, 0.2) is 12.3 Å². The minimum absolute atomic E-state index is 0.445. The van der Waals surface area contributed by atoms with Crippen molar-refractivity contribution in [1.29, 1.82) is 0 Å². The van der Waals surface area contributed by atoms with Crippen LogP contribution in [0.3, 0.4) is 0 Å². The van der Waals surface area contributed by atoms with E-state index < -0.39 is 11.6 Å². The van der Waals surface area contributed by atoms with Crippen LogP contribution in [0.1, 0.15) is 20.8 Å². The normalized spacial score (nSPS) is 13.4. The Kier molecular flexibility index (Phi) is 3.47. The van der Waals surface area contributed by atoms with Crippen molar-refractivity contribution in [2.24, 2.45) is 0 Å². The van der Waals surface area contributed by atoms with Gasteiger partial charge in [0.1, 0.15) is 0 Å². The van der Waals surface area contributed by atoms with Crippen LogP contribution >= 0.6 is 0 Å². The maximum atomic E-state index is 9.52. The highest BCUT2D eigenvalue weighted by atomic mass is 16.5. The summed E-state index contributed by atoms with van der Waals surface area (Å²) in [6.45, 7) is 5.47. The van der Waals surface area contributed by atoms with Gasteiger partial charge in [-0.2, -0.15) is 4.98 Å². The summed E-state index contributed by atoms with van der Waals surface area (Å²) in [5.41, 5.74) is -0.480. The molecule has 0 bridgehead atoms. The van der Waals surface area contributed by atoms with E-state index in [1.165, 1.54) is 0 Å². The molecule has 0 saturated heterocycles. The molecule has 0 saturated carbocycles. The molecule has 0 amide bonds. The van der Waals surface area contributed by atoms with Crippen LogP contribution in [0.2, 0.25) is 0 Å². The lowest BCUT2D eigenvalue weighted by atomic mass is 9.99. The lowest BCUT2D eigenvalue weighted by molar-refractivity contribution is 0.132. The van der Waals surface area contributed by atoms with Crippen LogP contribution < -0.4 is 10.1 Å². The summed E-state index contributed by atoms with van der Waals surface area (Å²) < 4.78 is 4.98. The van der Waals surface area contributed by atoms with Gasteiger partial charge < -0.3 is 15.2 Å². The first-order valence-electron chi connectivity index (χ1n) is 4.79. The van der Waals surface area contributed by atoms with Gasteiger partial charge in [0.25, 0.3) is 0 Å². The van der Waals surface area contributed by atoms with Gasteiger partial charge in [-0.3, -0.25) is 0 Å². The molecule has 1 rings (SSSR count). The van der Waals surface area contributed by atoms with E-state index in [1.807, 2.05) is 13.8 Å². The number of methoxy groups -OCH3 is 1. The Labute approximate surface area is 89.5 Å². The van der Waals surface area contributed by atoms with Gasteiger partial charge in [-0.05, 0) is 20.8 Å². The molecule has 1 atom stereocenters. The molecule has 0 aliphatic carbocycles. The van der Waals surface area contributed by atoms with Crippen molar-refractivity contribution >= 4 is 5.95 Å². The summed E-state index contributed by atoms with van der Waals surface area (Å²) in [5.74, 6) is 0.939. The molecule has 84 valence electrons. The number of rotatable bonds is 4. The minimum atomic E-state index is -0.507. The first-order valence-corrected chi connectivity index (χ1v) is 4.79. The van der Waals surface area contributed by atoms with Gasteiger partial charge >= 0.3 is 0 Å². The first kappa shape index (κ1) is 11.7. The van der Waals surface area contributed by atoms with Crippen LogP contribution in [-0.4, -0.2) is 33.8 Å². The zero-order valence-corrected chi connectivity index (χ0v) is 9.48. The Morgan fingerprint density at radius 2 is 2.20 bits per heavy atom. The molecular weight excluding hydrogens is 194 g/mol. The molecule has 1 aromatic heterocycles. The van der Waals surface area contributed by atoms with E-state index in [-0.39, 0.29) is 0 Å². The van der Waals surface area contributed by atoms with Gasteiger partial charge in [0.05, 0.1) is 18.8 Å². The monoisotopic (exact) mass is 211 g/mol. The second-order valence-corrected chi connectivity index (χ2v) is 3.95. The third kappa shape index (κ3) is 3.06. The van der Waals surface area contributed by atoms with Gasteiger partial charge in [0.15, 0.2) is 0 Å². The molecule has 5 heteroatoms. The van der Waals surface area contributed by atoms with E-state index >= 15 is 0 Å². The van der Waals surface area contributed by atoms with E-state index in [2.05, 4.69) is 15.3 Å². The van der Waals surface area contributed by atoms with Crippen LogP contribution in [0.4, 0.5) is 5.95 Å². The SMILES string of the molecule is COc1ccnc(NC(C)(C)C(C)O)n1. The topological polar surface area (TPSA) is 67.3 Å². The molecule has 15 heavy (non-hydrogen) atoms. The van der Waals surface area contributed by atoms with E-state index in [4.69, 9.17) is 4.74 Å². The first-order chi connectivity index (χ1) is 6.95. The number of nitrogens with one attached hydrogen (secondary N) is 1. The second-order valence-electron chi connectivity index (χ2n) is 3.95. The van der Waals surface area contributed by atoms with Crippen LogP contribution in [0, 0.1) is 0 Å². The molecule has 2 N–H and O–H groups in total. The van der Waals surface area contributed by atoms with Gasteiger partial charge in [-0.25, -0.2) is 4.98 Å². The van der Waals surface area contributed by atoms with Crippen LogP contribution in [0.5, 0.6) is 5.88 Å². The molecule has 0 radical (unpaired) electrons. The Bertz CT molecular complexity index is 326. The zero-order valence-electron chi connectivity index (χ0n) is 9.48. The lowest BCUT2D eigenvalue weighted by Gasteiger charge is -2.29. The molecule has 0 spiro atoms. The van der Waals surface area contributed by atoms with E-state index in [0.29, 0.717) is 11.8 Å². The number of aromatic nitrogens is 2. The molecular formula is C10H17N3O2. The summed E-state index contributed by atoms with van der Waals surface area (Å²) in [6.07, 6.45) is 1.10. The van der Waals surface area contributed by atoms with Gasteiger partial charge in [0.2, 0.25) is 11.8 Å². The van der Waals surface area contributed by atoms with Gasteiger partial charge in [-0.15, -0.1) is 0 Å². The molecule has 0 aliphatic rings. The van der Waals surface area contributed by atoms with Crippen molar-refractivity contribution in [2.45, 2.75) is 32.4 Å². The zero-order chi connectivity index (χ0) is 11.5. The third-order valence-corrected chi connectivity index (χ3v) is 2.32. The summed E-state index contributed by atoms with van der Waals surface area (Å²) in [6, 6.07) is 1.67. The summed E-state index contributed by atoms with van der Waals surface area (Å²) in [5, 5.41) is 12.6. The number of hydrogen-bond donors (Lipinski definition) is 2. The standard InChI is InChI=1S/C10H17N3O2/c1-7(14)10(2,3)13-9-11-6-5-8(12-9)15-4/h5-7,14H,1-4H3,(H,11,12,13). The fraction of sp³-hybridized carbons (Fsp3) is 0.600. The second kappa shape index (κ2) is 4.44. The van der Waals surface area contributed by atoms with Crippen molar-refractivity contribution in [2.75, 3.05) is 12.4 Å². The molecule has 0 fully saturated rings. The highest BCUT2D eigenvalue weighted by molar-refractivity contribution is 5.31. The van der Waals surface area contributed by atoms with Crippen molar-refractivity contribution < 1.29 is 9.84 Å². The number of ether oxygens (including phenoxy) is 1. The fourth-order valence-corrected chi connectivity index (χ4v) is 0.909. The number of anilines is 1. The largest absolute Gasteiger partial charge is 0.481 e. The maximum absolute atomic E-state index is 9.52. The van der Waals surface area contributed by atoms with Crippen molar-refractivity contribution in [3.05, 3.63) is 12.3 Å². The quantitative estimate of drug-likeness (QED) is 0.779. The van der Waals surface area contributed by atoms with Crippen molar-refractivity contribution in [3.63, 3.8) is 0 Å². The number of nitrogens with zero attached hydrogens (tertiary/aromatic N) is 2. The third-order valence-electron chi connectivity index (χ3n) is 2.32. The fourth-order valence-electron chi connectivity index (χ4n) is 0.909. The molecule has 1 unspecified atom stereocenters. The number of aliphatic hydroxyl groups is 1. The van der Waals surface area contributed by atoms with E-state index in [9.17, 15) is 5.11 Å². The number of hydrogen-bond acceptors (Lipinski definition) is 5.